The van der Waals surface area contributed by atoms with Gasteiger partial charge in [0.05, 0.1) is 10.7 Å². The normalized spacial score (nSPS) is 11.2. The highest BCUT2D eigenvalue weighted by atomic mass is 35.5. The third kappa shape index (κ3) is 2.07. The monoisotopic (exact) mass is 309 g/mol. The summed E-state index contributed by atoms with van der Waals surface area (Å²) in [5.74, 6) is 0. The first kappa shape index (κ1) is 13.0. The van der Waals surface area contributed by atoms with E-state index in [-0.39, 0.29) is 0 Å². The fourth-order valence-electron chi connectivity index (χ4n) is 2.59. The molecule has 0 unspecified atom stereocenters. The number of fused-ring (bicyclic) bond motifs is 1. The van der Waals surface area contributed by atoms with Crippen molar-refractivity contribution in [2.45, 2.75) is 0 Å². The summed E-state index contributed by atoms with van der Waals surface area (Å²) in [6.45, 7) is 0. The second kappa shape index (κ2) is 4.96. The van der Waals surface area contributed by atoms with Crippen LogP contribution < -0.4 is 0 Å². The van der Waals surface area contributed by atoms with Gasteiger partial charge in [0.1, 0.15) is 11.3 Å². The van der Waals surface area contributed by atoms with Crippen molar-refractivity contribution in [3.8, 4) is 22.5 Å². The molecule has 0 saturated heterocycles. The molecule has 0 aliphatic heterocycles. The molecule has 1 N–H and O–H groups in total. The van der Waals surface area contributed by atoms with E-state index >= 15 is 0 Å². The van der Waals surface area contributed by atoms with Crippen LogP contribution in [0.25, 0.3) is 33.5 Å². The van der Waals surface area contributed by atoms with Gasteiger partial charge in [-0.2, -0.15) is 5.10 Å². The molecule has 6 heteroatoms. The van der Waals surface area contributed by atoms with E-state index in [4.69, 9.17) is 11.6 Å². The lowest BCUT2D eigenvalue weighted by Gasteiger charge is -2.04. The number of hydrogen-bond acceptors (Lipinski definition) is 3. The van der Waals surface area contributed by atoms with Crippen molar-refractivity contribution in [2.24, 2.45) is 7.05 Å². The van der Waals surface area contributed by atoms with Crippen LogP contribution in [0.2, 0.25) is 5.02 Å². The summed E-state index contributed by atoms with van der Waals surface area (Å²) in [6, 6.07) is 7.71. The number of hydrogen-bond donors (Lipinski definition) is 1. The number of pyridine rings is 2. The maximum Gasteiger partial charge on any atom is 0.137 e. The van der Waals surface area contributed by atoms with Gasteiger partial charge >= 0.3 is 0 Å². The van der Waals surface area contributed by atoms with Gasteiger partial charge in [0, 0.05) is 42.8 Å². The third-order valence-corrected chi connectivity index (χ3v) is 3.77. The number of nitrogens with one attached hydrogen (secondary N) is 1. The maximum atomic E-state index is 5.92. The summed E-state index contributed by atoms with van der Waals surface area (Å²) in [5.41, 5.74) is 4.57. The number of nitrogens with zero attached hydrogens (tertiary/aromatic N) is 4. The fourth-order valence-corrected chi connectivity index (χ4v) is 2.70. The summed E-state index contributed by atoms with van der Waals surface area (Å²) in [6.07, 6.45) is 7.30. The molecule has 5 nitrogen and oxygen atoms in total. The van der Waals surface area contributed by atoms with Crippen LogP contribution in [0.3, 0.4) is 0 Å². The lowest BCUT2D eigenvalue weighted by Crippen LogP contribution is -1.90. The van der Waals surface area contributed by atoms with E-state index in [1.54, 1.807) is 17.1 Å². The Morgan fingerprint density at radius 2 is 2.00 bits per heavy atom. The summed E-state index contributed by atoms with van der Waals surface area (Å²) < 4.78 is 1.79. The minimum Gasteiger partial charge on any atom is -0.346 e. The van der Waals surface area contributed by atoms with Gasteiger partial charge in [0.25, 0.3) is 0 Å². The zero-order valence-corrected chi connectivity index (χ0v) is 12.5. The van der Waals surface area contributed by atoms with Crippen molar-refractivity contribution >= 4 is 22.6 Å². The molecule has 0 aromatic carbocycles. The van der Waals surface area contributed by atoms with Gasteiger partial charge in [-0.25, -0.2) is 4.98 Å². The number of aromatic amines is 1. The zero-order valence-electron chi connectivity index (χ0n) is 11.8. The largest absolute Gasteiger partial charge is 0.346 e. The topological polar surface area (TPSA) is 59.4 Å². The molecule has 0 spiro atoms. The second-order valence-electron chi connectivity index (χ2n) is 5.03. The molecular weight excluding hydrogens is 298 g/mol. The Morgan fingerprint density at radius 1 is 1.09 bits per heavy atom. The molecule has 0 fully saturated rings. The van der Waals surface area contributed by atoms with E-state index in [1.807, 2.05) is 43.7 Å². The predicted octanol–water partition coefficient (Wildman–Crippen LogP) is 3.68. The Bertz CT molecular complexity index is 952. The Kier molecular flexibility index (Phi) is 2.94. The van der Waals surface area contributed by atoms with Crippen molar-refractivity contribution in [3.63, 3.8) is 0 Å². The first-order chi connectivity index (χ1) is 10.7. The molecule has 108 valence electrons. The standard InChI is InChI=1S/C16H12ClN5/c1-22-9-13(11-4-6-18-16-12(11)5-7-19-16)15(21-22)14-3-2-10(17)8-20-14/h2-9H,1H3,(H,18,19). The zero-order chi connectivity index (χ0) is 15.1. The van der Waals surface area contributed by atoms with Crippen molar-refractivity contribution in [3.05, 3.63) is 54.1 Å². The van der Waals surface area contributed by atoms with Gasteiger partial charge in [0.2, 0.25) is 0 Å². The Morgan fingerprint density at radius 3 is 2.82 bits per heavy atom. The lowest BCUT2D eigenvalue weighted by molar-refractivity contribution is 0.770. The molecule has 4 heterocycles. The Labute approximate surface area is 131 Å². The first-order valence-corrected chi connectivity index (χ1v) is 7.18. The van der Waals surface area contributed by atoms with Gasteiger partial charge in [-0.1, -0.05) is 11.6 Å². The van der Waals surface area contributed by atoms with E-state index in [9.17, 15) is 0 Å². The molecule has 22 heavy (non-hydrogen) atoms. The van der Waals surface area contributed by atoms with Crippen molar-refractivity contribution in [1.82, 2.24) is 24.7 Å². The van der Waals surface area contributed by atoms with Gasteiger partial charge in [-0.3, -0.25) is 9.67 Å². The average Bonchev–Trinajstić information content (AvgIpc) is 3.14. The van der Waals surface area contributed by atoms with Gasteiger partial charge in [-0.05, 0) is 29.8 Å². The van der Waals surface area contributed by atoms with Crippen LogP contribution in [0, 0.1) is 0 Å². The van der Waals surface area contributed by atoms with E-state index in [1.165, 1.54) is 0 Å². The molecule has 0 atom stereocenters. The highest BCUT2D eigenvalue weighted by Gasteiger charge is 2.16. The number of rotatable bonds is 2. The first-order valence-electron chi connectivity index (χ1n) is 6.80. The van der Waals surface area contributed by atoms with Crippen molar-refractivity contribution < 1.29 is 0 Å². The minimum absolute atomic E-state index is 0.609. The van der Waals surface area contributed by atoms with Crippen LogP contribution in [0.15, 0.2) is 49.1 Å². The molecule has 0 radical (unpaired) electrons. The summed E-state index contributed by atoms with van der Waals surface area (Å²) >= 11 is 5.92. The van der Waals surface area contributed by atoms with Crippen molar-refractivity contribution in [1.29, 1.82) is 0 Å². The average molecular weight is 310 g/mol. The van der Waals surface area contributed by atoms with Crippen LogP contribution in [0.1, 0.15) is 0 Å². The highest BCUT2D eigenvalue weighted by Crippen LogP contribution is 2.33. The van der Waals surface area contributed by atoms with Crippen LogP contribution >= 0.6 is 11.6 Å². The number of aryl methyl sites for hydroxylation is 1. The Hall–Kier alpha value is -2.66. The third-order valence-electron chi connectivity index (χ3n) is 3.55. The second-order valence-corrected chi connectivity index (χ2v) is 5.46. The van der Waals surface area contributed by atoms with Crippen LogP contribution in [-0.2, 0) is 7.05 Å². The predicted molar refractivity (Wildman–Crippen MR) is 86.5 cm³/mol. The van der Waals surface area contributed by atoms with Gasteiger partial charge in [0.15, 0.2) is 0 Å². The SMILES string of the molecule is Cn1cc(-c2ccnc3[nH]ccc23)c(-c2ccc(Cl)cn2)n1. The number of aromatic nitrogens is 5. The maximum absolute atomic E-state index is 5.92. The van der Waals surface area contributed by atoms with E-state index in [0.29, 0.717) is 5.02 Å². The number of halogens is 1. The fraction of sp³-hybridized carbons (Fsp3) is 0.0625. The van der Waals surface area contributed by atoms with Gasteiger partial charge < -0.3 is 4.98 Å². The molecule has 4 aromatic rings. The molecule has 0 saturated carbocycles. The molecular formula is C16H12ClN5. The van der Waals surface area contributed by atoms with E-state index < -0.39 is 0 Å². The Balaban J connectivity index is 1.96. The molecule has 0 aliphatic carbocycles. The molecule has 4 rings (SSSR count). The highest BCUT2D eigenvalue weighted by molar-refractivity contribution is 6.30. The summed E-state index contributed by atoms with van der Waals surface area (Å²) in [5, 5.41) is 6.23. The van der Waals surface area contributed by atoms with E-state index in [0.717, 1.165) is 33.5 Å². The van der Waals surface area contributed by atoms with E-state index in [2.05, 4.69) is 20.1 Å². The number of H-pyrrole nitrogens is 1. The molecule has 4 aromatic heterocycles. The smallest absolute Gasteiger partial charge is 0.137 e. The quantitative estimate of drug-likeness (QED) is 0.614. The molecule has 0 bridgehead atoms. The summed E-state index contributed by atoms with van der Waals surface area (Å²) in [4.78, 5) is 11.8. The summed E-state index contributed by atoms with van der Waals surface area (Å²) in [7, 11) is 1.90. The van der Waals surface area contributed by atoms with Crippen LogP contribution in [-0.4, -0.2) is 24.7 Å². The molecule has 0 amide bonds. The van der Waals surface area contributed by atoms with Crippen LogP contribution in [0.5, 0.6) is 0 Å². The molecule has 0 aliphatic rings. The van der Waals surface area contributed by atoms with Crippen molar-refractivity contribution in [2.75, 3.05) is 0 Å². The van der Waals surface area contributed by atoms with Crippen LogP contribution in [0.4, 0.5) is 0 Å². The minimum atomic E-state index is 0.609. The van der Waals surface area contributed by atoms with Gasteiger partial charge in [-0.15, -0.1) is 0 Å². The lowest BCUT2D eigenvalue weighted by atomic mass is 10.0.